The first-order chi connectivity index (χ1) is 10.5. The number of likely N-dealkylation sites (N-methyl/N-ethyl adjacent to an activating group) is 1. The molecule has 0 N–H and O–H groups in total. The third kappa shape index (κ3) is 2.99. The molecule has 1 atom stereocenters. The summed E-state index contributed by atoms with van der Waals surface area (Å²) in [4.78, 5) is 21.6. The van der Waals surface area contributed by atoms with Gasteiger partial charge in [-0.15, -0.1) is 0 Å². The highest BCUT2D eigenvalue weighted by Crippen LogP contribution is 2.20. The Morgan fingerprint density at radius 3 is 3.00 bits per heavy atom. The van der Waals surface area contributed by atoms with Gasteiger partial charge in [-0.1, -0.05) is 0 Å². The number of imidazole rings is 1. The Bertz CT molecular complexity index is 676. The Labute approximate surface area is 131 Å². The van der Waals surface area contributed by atoms with Gasteiger partial charge in [0.25, 0.3) is 5.91 Å². The number of carbonyl (C=O) groups is 1. The zero-order valence-electron chi connectivity index (χ0n) is 13.6. The second-order valence-corrected chi connectivity index (χ2v) is 6.51. The normalized spacial score (nSPS) is 19.1. The molecule has 22 heavy (non-hydrogen) atoms. The number of piperidine rings is 1. The van der Waals surface area contributed by atoms with E-state index < -0.39 is 0 Å². The van der Waals surface area contributed by atoms with Gasteiger partial charge in [0.15, 0.2) is 0 Å². The first-order valence-corrected chi connectivity index (χ1v) is 7.95. The molecule has 0 aromatic carbocycles. The predicted octanol–water partition coefficient (Wildman–Crippen LogP) is 2.20. The molecule has 1 aliphatic rings. The molecule has 118 valence electrons. The molecule has 1 saturated heterocycles. The summed E-state index contributed by atoms with van der Waals surface area (Å²) in [5, 5.41) is 0. The van der Waals surface area contributed by atoms with E-state index in [1.54, 1.807) is 0 Å². The third-order valence-corrected chi connectivity index (χ3v) is 4.30. The molecule has 1 amide bonds. The number of nitrogens with zero attached hydrogens (tertiary/aromatic N) is 4. The van der Waals surface area contributed by atoms with Gasteiger partial charge in [-0.05, 0) is 58.0 Å². The number of likely N-dealkylation sites (tertiary alicyclic amines) is 1. The fraction of sp³-hybridized carbons (Fsp3) is 0.529. The van der Waals surface area contributed by atoms with E-state index >= 15 is 0 Å². The van der Waals surface area contributed by atoms with E-state index in [-0.39, 0.29) is 5.91 Å². The molecule has 0 aliphatic carbocycles. The van der Waals surface area contributed by atoms with E-state index in [2.05, 4.69) is 24.0 Å². The molecule has 2 aromatic heterocycles. The van der Waals surface area contributed by atoms with E-state index in [4.69, 9.17) is 0 Å². The molecular formula is C17H24N4O. The minimum atomic E-state index is 0.0629. The van der Waals surface area contributed by atoms with E-state index in [1.165, 1.54) is 6.42 Å². The Balaban J connectivity index is 1.86. The van der Waals surface area contributed by atoms with E-state index in [0.717, 1.165) is 37.1 Å². The number of amides is 1. The number of fused-ring (bicyclic) bond motifs is 1. The predicted molar refractivity (Wildman–Crippen MR) is 87.2 cm³/mol. The van der Waals surface area contributed by atoms with Gasteiger partial charge in [-0.2, -0.15) is 0 Å². The van der Waals surface area contributed by atoms with Crippen LogP contribution in [0.15, 0.2) is 24.5 Å². The minimum Gasteiger partial charge on any atom is -0.333 e. The highest BCUT2D eigenvalue weighted by Gasteiger charge is 2.29. The molecule has 2 aromatic rings. The summed E-state index contributed by atoms with van der Waals surface area (Å²) in [6.45, 7) is 3.79. The summed E-state index contributed by atoms with van der Waals surface area (Å²) in [6.07, 6.45) is 7.17. The quantitative estimate of drug-likeness (QED) is 0.872. The van der Waals surface area contributed by atoms with Crippen molar-refractivity contribution in [1.82, 2.24) is 19.2 Å². The SMILES string of the molecule is Cc1ccn2cc(C(=O)N3CCCCC3CN(C)C)nc2c1. The van der Waals surface area contributed by atoms with Crippen molar-refractivity contribution in [2.75, 3.05) is 27.2 Å². The Morgan fingerprint density at radius 2 is 2.23 bits per heavy atom. The van der Waals surface area contributed by atoms with Crippen LogP contribution < -0.4 is 0 Å². The molecule has 1 fully saturated rings. The Morgan fingerprint density at radius 1 is 1.41 bits per heavy atom. The average Bonchev–Trinajstić information content (AvgIpc) is 2.89. The molecule has 5 nitrogen and oxygen atoms in total. The summed E-state index contributed by atoms with van der Waals surface area (Å²) in [7, 11) is 4.12. The van der Waals surface area contributed by atoms with Gasteiger partial charge in [0.05, 0.1) is 0 Å². The zero-order chi connectivity index (χ0) is 15.7. The van der Waals surface area contributed by atoms with Gasteiger partial charge in [0.2, 0.25) is 0 Å². The summed E-state index contributed by atoms with van der Waals surface area (Å²) < 4.78 is 1.92. The van der Waals surface area contributed by atoms with E-state index in [0.29, 0.717) is 11.7 Å². The summed E-state index contributed by atoms with van der Waals surface area (Å²) in [6, 6.07) is 4.32. The molecule has 0 radical (unpaired) electrons. The van der Waals surface area contributed by atoms with Crippen molar-refractivity contribution < 1.29 is 4.79 Å². The smallest absolute Gasteiger partial charge is 0.274 e. The van der Waals surface area contributed by atoms with Crippen LogP contribution in [0.1, 0.15) is 35.3 Å². The highest BCUT2D eigenvalue weighted by molar-refractivity contribution is 5.93. The highest BCUT2D eigenvalue weighted by atomic mass is 16.2. The zero-order valence-corrected chi connectivity index (χ0v) is 13.6. The lowest BCUT2D eigenvalue weighted by Gasteiger charge is -2.36. The van der Waals surface area contributed by atoms with Crippen LogP contribution in [-0.2, 0) is 0 Å². The van der Waals surface area contributed by atoms with Crippen LogP contribution >= 0.6 is 0 Å². The van der Waals surface area contributed by atoms with Crippen LogP contribution in [0, 0.1) is 6.92 Å². The average molecular weight is 300 g/mol. The van der Waals surface area contributed by atoms with Crippen molar-refractivity contribution in [3.05, 3.63) is 35.8 Å². The third-order valence-electron chi connectivity index (χ3n) is 4.30. The van der Waals surface area contributed by atoms with Crippen molar-refractivity contribution in [2.24, 2.45) is 0 Å². The van der Waals surface area contributed by atoms with Gasteiger partial charge < -0.3 is 14.2 Å². The van der Waals surface area contributed by atoms with Crippen LogP contribution in [0.5, 0.6) is 0 Å². The fourth-order valence-electron chi connectivity index (χ4n) is 3.21. The largest absolute Gasteiger partial charge is 0.333 e. The van der Waals surface area contributed by atoms with Crippen LogP contribution in [0.2, 0.25) is 0 Å². The molecule has 3 heterocycles. The Kier molecular flexibility index (Phi) is 4.16. The number of carbonyl (C=O) groups excluding carboxylic acids is 1. The number of pyridine rings is 1. The van der Waals surface area contributed by atoms with Crippen molar-refractivity contribution in [1.29, 1.82) is 0 Å². The topological polar surface area (TPSA) is 40.9 Å². The minimum absolute atomic E-state index is 0.0629. The summed E-state index contributed by atoms with van der Waals surface area (Å²) in [5.74, 6) is 0.0629. The van der Waals surface area contributed by atoms with Crippen molar-refractivity contribution in [3.63, 3.8) is 0 Å². The second-order valence-electron chi connectivity index (χ2n) is 6.51. The Hall–Kier alpha value is -1.88. The maximum atomic E-state index is 12.9. The van der Waals surface area contributed by atoms with Crippen molar-refractivity contribution >= 4 is 11.6 Å². The lowest BCUT2D eigenvalue weighted by atomic mass is 10.0. The van der Waals surface area contributed by atoms with Crippen LogP contribution in [0.25, 0.3) is 5.65 Å². The first kappa shape index (κ1) is 15.0. The molecule has 1 unspecified atom stereocenters. The van der Waals surface area contributed by atoms with Crippen LogP contribution in [-0.4, -0.2) is 58.3 Å². The van der Waals surface area contributed by atoms with Gasteiger partial charge in [-0.25, -0.2) is 4.98 Å². The maximum Gasteiger partial charge on any atom is 0.274 e. The van der Waals surface area contributed by atoms with Crippen molar-refractivity contribution in [2.45, 2.75) is 32.2 Å². The molecule has 0 spiro atoms. The molecular weight excluding hydrogens is 276 g/mol. The monoisotopic (exact) mass is 300 g/mol. The number of hydrogen-bond donors (Lipinski definition) is 0. The molecule has 3 rings (SSSR count). The van der Waals surface area contributed by atoms with E-state index in [9.17, 15) is 4.79 Å². The number of rotatable bonds is 3. The molecule has 5 heteroatoms. The van der Waals surface area contributed by atoms with E-state index in [1.807, 2.05) is 40.8 Å². The number of hydrogen-bond acceptors (Lipinski definition) is 3. The van der Waals surface area contributed by atoms with Crippen molar-refractivity contribution in [3.8, 4) is 0 Å². The molecule has 0 bridgehead atoms. The van der Waals surface area contributed by atoms with Gasteiger partial charge in [0.1, 0.15) is 11.3 Å². The first-order valence-electron chi connectivity index (χ1n) is 7.95. The summed E-state index contributed by atoms with van der Waals surface area (Å²) in [5.41, 5.74) is 2.54. The van der Waals surface area contributed by atoms with Gasteiger partial charge >= 0.3 is 0 Å². The van der Waals surface area contributed by atoms with Gasteiger partial charge in [0, 0.05) is 31.5 Å². The second kappa shape index (κ2) is 6.08. The standard InChI is InChI=1S/C17H24N4O/c1-13-7-9-20-12-15(18-16(20)10-13)17(22)21-8-5-4-6-14(21)11-19(2)3/h7,9-10,12,14H,4-6,8,11H2,1-3H3. The maximum absolute atomic E-state index is 12.9. The number of aromatic nitrogens is 2. The number of aryl methyl sites for hydroxylation is 1. The lowest BCUT2D eigenvalue weighted by molar-refractivity contribution is 0.0569. The summed E-state index contributed by atoms with van der Waals surface area (Å²) >= 11 is 0. The molecule has 0 saturated carbocycles. The van der Waals surface area contributed by atoms with Crippen LogP contribution in [0.3, 0.4) is 0 Å². The molecule has 1 aliphatic heterocycles. The van der Waals surface area contributed by atoms with Crippen LogP contribution in [0.4, 0.5) is 0 Å². The lowest BCUT2D eigenvalue weighted by Crippen LogP contribution is -2.48. The van der Waals surface area contributed by atoms with Gasteiger partial charge in [-0.3, -0.25) is 4.79 Å². The fourth-order valence-corrected chi connectivity index (χ4v) is 3.21.